The molecule has 0 aromatic heterocycles. The summed E-state index contributed by atoms with van der Waals surface area (Å²) in [5, 5.41) is 6.89. The van der Waals surface area contributed by atoms with Gasteiger partial charge in [0.25, 0.3) is 6.47 Å². The van der Waals surface area contributed by atoms with Crippen molar-refractivity contribution >= 4 is 6.47 Å². The Hall–Kier alpha value is -0.146. The fourth-order valence-corrected chi connectivity index (χ4v) is 0. The fraction of sp³-hybridized carbons (Fsp3) is 0. The van der Waals surface area contributed by atoms with Gasteiger partial charge in [-0.15, -0.1) is 0 Å². The molecular formula is CH2O3V. The number of hydrogen-bond acceptors (Lipinski definition) is 2. The quantitative estimate of drug-likeness (QED) is 0.434. The molecule has 0 aromatic carbocycles. The molecule has 0 heterocycles. The summed E-state index contributed by atoms with van der Waals surface area (Å²) < 4.78 is 8.19. The van der Waals surface area contributed by atoms with Gasteiger partial charge >= 0.3 is 21.0 Å². The van der Waals surface area contributed by atoms with Gasteiger partial charge in [0.1, 0.15) is 0 Å². The van der Waals surface area contributed by atoms with Crippen LogP contribution in [-0.4, -0.2) is 11.6 Å². The Balaban J connectivity index is 0. The Kier molecular flexibility index (Phi) is 76.2. The van der Waals surface area contributed by atoms with E-state index >= 15 is 0 Å². The number of carbonyl (C=O) groups is 1. The van der Waals surface area contributed by atoms with Crippen molar-refractivity contribution in [2.75, 3.05) is 0 Å². The second-order valence-corrected chi connectivity index (χ2v) is 0.105. The molecule has 4 heteroatoms. The SMILES string of the molecule is O=CO.[O]=[V]. The van der Waals surface area contributed by atoms with Crippen LogP contribution < -0.4 is 0 Å². The van der Waals surface area contributed by atoms with Crippen LogP contribution >= 0.6 is 0 Å². The van der Waals surface area contributed by atoms with Crippen molar-refractivity contribution in [3.05, 3.63) is 0 Å². The van der Waals surface area contributed by atoms with E-state index in [9.17, 15) is 0 Å². The van der Waals surface area contributed by atoms with Crippen LogP contribution in [-0.2, 0) is 25.8 Å². The summed E-state index contributed by atoms with van der Waals surface area (Å²) >= 11 is 1.06. The molecule has 5 heavy (non-hydrogen) atoms. The van der Waals surface area contributed by atoms with Crippen molar-refractivity contribution in [3.8, 4) is 0 Å². The topological polar surface area (TPSA) is 54.4 Å². The maximum absolute atomic E-state index is 8.36. The van der Waals surface area contributed by atoms with Gasteiger partial charge in [0.05, 0.1) is 0 Å². The Morgan fingerprint density at radius 3 is 1.60 bits per heavy atom. The first-order valence-corrected chi connectivity index (χ1v) is 1.25. The van der Waals surface area contributed by atoms with Gasteiger partial charge in [0, 0.05) is 0 Å². The molecule has 0 saturated heterocycles. The van der Waals surface area contributed by atoms with Crippen molar-refractivity contribution in [1.82, 2.24) is 0 Å². The Morgan fingerprint density at radius 2 is 1.60 bits per heavy atom. The Bertz CT molecular complexity index is 20.9. The molecule has 0 bridgehead atoms. The number of rotatable bonds is 0. The summed E-state index contributed by atoms with van der Waals surface area (Å²) in [5.41, 5.74) is 0. The van der Waals surface area contributed by atoms with Crippen LogP contribution in [0.4, 0.5) is 0 Å². The molecule has 0 fully saturated rings. The predicted molar refractivity (Wildman–Crippen MR) is 9.38 cm³/mol. The molecule has 0 rings (SSSR count). The van der Waals surface area contributed by atoms with Gasteiger partial charge in [0.15, 0.2) is 0 Å². The van der Waals surface area contributed by atoms with E-state index in [2.05, 4.69) is 0 Å². The first-order chi connectivity index (χ1) is 2.41. The molecule has 0 aromatic rings. The van der Waals surface area contributed by atoms with Crippen LogP contribution in [0.5, 0.6) is 0 Å². The molecule has 0 saturated carbocycles. The monoisotopic (exact) mass is 113 g/mol. The molecule has 0 spiro atoms. The number of carboxylic acid groups (broad SMARTS) is 1. The third kappa shape index (κ3) is 625. The summed E-state index contributed by atoms with van der Waals surface area (Å²) in [6, 6.07) is 0. The predicted octanol–water partition coefficient (Wildman–Crippen LogP) is -0.420. The van der Waals surface area contributed by atoms with Crippen LogP contribution in [0.15, 0.2) is 0 Å². The zero-order chi connectivity index (χ0) is 4.71. The molecule has 0 unspecified atom stereocenters. The summed E-state index contributed by atoms with van der Waals surface area (Å²) in [6.45, 7) is -0.250. The van der Waals surface area contributed by atoms with Crippen molar-refractivity contribution in [1.29, 1.82) is 0 Å². The molecule has 1 N–H and O–H groups in total. The van der Waals surface area contributed by atoms with Gasteiger partial charge in [-0.3, -0.25) is 4.79 Å². The van der Waals surface area contributed by atoms with E-state index in [4.69, 9.17) is 13.6 Å². The van der Waals surface area contributed by atoms with Crippen molar-refractivity contribution in [3.63, 3.8) is 0 Å². The molecule has 0 radical (unpaired) electrons. The van der Waals surface area contributed by atoms with Gasteiger partial charge in [-0.25, -0.2) is 0 Å². The normalized spacial score (nSPS) is 3.00. The van der Waals surface area contributed by atoms with Crippen LogP contribution in [0, 0.1) is 0 Å². The molecule has 3 nitrogen and oxygen atoms in total. The third-order valence-corrected chi connectivity index (χ3v) is 0. The molecule has 0 amide bonds. The summed E-state index contributed by atoms with van der Waals surface area (Å²) in [4.78, 5) is 8.36. The van der Waals surface area contributed by atoms with Crippen LogP contribution in [0.1, 0.15) is 0 Å². The second-order valence-electron chi connectivity index (χ2n) is 0.105. The van der Waals surface area contributed by atoms with E-state index in [1.165, 1.54) is 0 Å². The Labute approximate surface area is 38.2 Å². The third-order valence-electron chi connectivity index (χ3n) is 0. The molecule has 0 aliphatic heterocycles. The van der Waals surface area contributed by atoms with Crippen LogP contribution in [0.3, 0.4) is 0 Å². The van der Waals surface area contributed by atoms with Gasteiger partial charge in [-0.05, 0) is 0 Å². The molecule has 0 aliphatic carbocycles. The van der Waals surface area contributed by atoms with Gasteiger partial charge in [0.2, 0.25) is 0 Å². The Morgan fingerprint density at radius 1 is 1.60 bits per heavy atom. The van der Waals surface area contributed by atoms with E-state index < -0.39 is 0 Å². The van der Waals surface area contributed by atoms with Crippen molar-refractivity contribution < 1.29 is 30.9 Å². The maximum atomic E-state index is 8.36. The van der Waals surface area contributed by atoms with Gasteiger partial charge in [-0.2, -0.15) is 0 Å². The molecule has 29 valence electrons. The first-order valence-electron chi connectivity index (χ1n) is 0.676. The van der Waals surface area contributed by atoms with Crippen molar-refractivity contribution in [2.24, 2.45) is 0 Å². The minimum absolute atomic E-state index is 0.250. The minimum atomic E-state index is -0.250. The van der Waals surface area contributed by atoms with E-state index in [1.807, 2.05) is 0 Å². The van der Waals surface area contributed by atoms with Gasteiger partial charge < -0.3 is 5.11 Å². The average molecular weight is 113 g/mol. The molecule has 0 atom stereocenters. The second kappa shape index (κ2) is 43.0. The van der Waals surface area contributed by atoms with E-state index in [1.54, 1.807) is 0 Å². The zero-order valence-electron chi connectivity index (χ0n) is 2.29. The fourth-order valence-electron chi connectivity index (χ4n) is 0. The summed E-state index contributed by atoms with van der Waals surface area (Å²) in [7, 11) is 0. The number of hydrogen-bond donors (Lipinski definition) is 1. The summed E-state index contributed by atoms with van der Waals surface area (Å²) in [6.07, 6.45) is 0. The van der Waals surface area contributed by atoms with E-state index in [-0.39, 0.29) is 6.47 Å². The summed E-state index contributed by atoms with van der Waals surface area (Å²) in [5.74, 6) is 0. The van der Waals surface area contributed by atoms with E-state index in [0.717, 1.165) is 17.4 Å². The average Bonchev–Trinajstić information content (AvgIpc) is 1.46. The first kappa shape index (κ1) is 8.85. The van der Waals surface area contributed by atoms with Crippen LogP contribution in [0.2, 0.25) is 0 Å². The zero-order valence-corrected chi connectivity index (χ0v) is 3.68. The van der Waals surface area contributed by atoms with Crippen LogP contribution in [0.25, 0.3) is 0 Å². The molecular weight excluding hydrogens is 111 g/mol. The molecule has 0 aliphatic rings. The van der Waals surface area contributed by atoms with Gasteiger partial charge in [-0.1, -0.05) is 0 Å². The standard InChI is InChI=1S/CH2O2.O.V/c2-1-3;;/h1H,(H,2,3);;. The van der Waals surface area contributed by atoms with Crippen molar-refractivity contribution in [2.45, 2.75) is 0 Å². The van der Waals surface area contributed by atoms with E-state index in [0.29, 0.717) is 0 Å².